The van der Waals surface area contributed by atoms with E-state index in [0.29, 0.717) is 31.6 Å². The Morgan fingerprint density at radius 3 is 2.77 bits per heavy atom. The van der Waals surface area contributed by atoms with Gasteiger partial charge in [-0.1, -0.05) is 0 Å². The van der Waals surface area contributed by atoms with Crippen molar-refractivity contribution in [1.29, 1.82) is 0 Å². The summed E-state index contributed by atoms with van der Waals surface area (Å²) in [5.41, 5.74) is 8.22. The largest absolute Gasteiger partial charge is 0.383 e. The van der Waals surface area contributed by atoms with E-state index in [2.05, 4.69) is 25.5 Å². The first-order chi connectivity index (χ1) is 10.5. The first-order valence-electron chi connectivity index (χ1n) is 7.08. The van der Waals surface area contributed by atoms with Crippen molar-refractivity contribution >= 4 is 11.7 Å². The molecule has 8 nitrogen and oxygen atoms in total. The minimum absolute atomic E-state index is 0.0636. The van der Waals surface area contributed by atoms with Crippen molar-refractivity contribution in [1.82, 2.24) is 25.5 Å². The maximum absolute atomic E-state index is 11.8. The molecule has 0 bridgehead atoms. The predicted octanol–water partition coefficient (Wildman–Crippen LogP) is -0.0165. The summed E-state index contributed by atoms with van der Waals surface area (Å²) in [6, 6.07) is 1.22. The molecule has 5 N–H and O–H groups in total. The molecular formula is C14H20N6O2. The van der Waals surface area contributed by atoms with Gasteiger partial charge in [-0.25, -0.2) is 4.98 Å². The third-order valence-corrected chi connectivity index (χ3v) is 3.44. The Bertz CT molecular complexity index is 718. The second kappa shape index (κ2) is 6.88. The number of hydrogen-bond donors (Lipinski definition) is 4. The Balaban J connectivity index is 1.76. The highest BCUT2D eigenvalue weighted by atomic mass is 16.1. The number of carbonyl (C=O) groups excluding carboxylic acids is 1. The molecule has 0 spiro atoms. The predicted molar refractivity (Wildman–Crippen MR) is 82.4 cm³/mol. The van der Waals surface area contributed by atoms with Crippen LogP contribution in [0.2, 0.25) is 0 Å². The van der Waals surface area contributed by atoms with E-state index in [1.54, 1.807) is 0 Å². The molecule has 0 atom stereocenters. The Morgan fingerprint density at radius 1 is 1.36 bits per heavy atom. The number of nitrogens with two attached hydrogens (primary N) is 1. The fourth-order valence-corrected chi connectivity index (χ4v) is 2.07. The van der Waals surface area contributed by atoms with Gasteiger partial charge < -0.3 is 16.0 Å². The standard InChI is InChI=1S/C14H20N6O2/c1-8-9(2)19-20-10(8)3-4-13(21)16-6-5-12-17-11(15)7-14(22)18-12/h7H,3-6H2,1-2H3,(H,16,21)(H,19,20)(H3,15,17,18,22). The summed E-state index contributed by atoms with van der Waals surface area (Å²) in [5.74, 6) is 0.574. The molecular weight excluding hydrogens is 284 g/mol. The molecule has 118 valence electrons. The molecule has 0 fully saturated rings. The molecule has 0 unspecified atom stereocenters. The highest BCUT2D eigenvalue weighted by Crippen LogP contribution is 2.10. The Morgan fingerprint density at radius 2 is 2.14 bits per heavy atom. The van der Waals surface area contributed by atoms with Gasteiger partial charge in [0.1, 0.15) is 11.6 Å². The van der Waals surface area contributed by atoms with Gasteiger partial charge in [-0.2, -0.15) is 5.10 Å². The minimum Gasteiger partial charge on any atom is -0.383 e. The molecule has 0 radical (unpaired) electrons. The van der Waals surface area contributed by atoms with Gasteiger partial charge in [0.15, 0.2) is 0 Å². The summed E-state index contributed by atoms with van der Waals surface area (Å²) >= 11 is 0. The maximum atomic E-state index is 11.8. The van der Waals surface area contributed by atoms with Crippen LogP contribution in [0.1, 0.15) is 29.2 Å². The summed E-state index contributed by atoms with van der Waals surface area (Å²) < 4.78 is 0. The van der Waals surface area contributed by atoms with Crippen molar-refractivity contribution in [2.45, 2.75) is 33.1 Å². The third kappa shape index (κ3) is 4.18. The van der Waals surface area contributed by atoms with Gasteiger partial charge in [-0.05, 0) is 19.4 Å². The molecule has 0 aliphatic rings. The molecule has 0 aliphatic heterocycles. The van der Waals surface area contributed by atoms with E-state index in [1.807, 2.05) is 13.8 Å². The second-order valence-corrected chi connectivity index (χ2v) is 5.14. The lowest BCUT2D eigenvalue weighted by Gasteiger charge is -2.05. The number of hydrogen-bond acceptors (Lipinski definition) is 5. The molecule has 0 saturated heterocycles. The molecule has 0 aromatic carbocycles. The van der Waals surface area contributed by atoms with E-state index in [4.69, 9.17) is 5.73 Å². The number of amides is 1. The number of nitrogens with zero attached hydrogens (tertiary/aromatic N) is 2. The average Bonchev–Trinajstić information content (AvgIpc) is 2.75. The number of nitrogens with one attached hydrogen (secondary N) is 3. The Kier molecular flexibility index (Phi) is 4.92. The second-order valence-electron chi connectivity index (χ2n) is 5.14. The van der Waals surface area contributed by atoms with Crippen molar-refractivity contribution < 1.29 is 4.79 Å². The van der Waals surface area contributed by atoms with Gasteiger partial charge in [0.05, 0.1) is 5.69 Å². The van der Waals surface area contributed by atoms with E-state index in [0.717, 1.165) is 17.0 Å². The molecule has 2 rings (SSSR count). The van der Waals surface area contributed by atoms with E-state index >= 15 is 0 Å². The van der Waals surface area contributed by atoms with E-state index in [1.165, 1.54) is 6.07 Å². The van der Waals surface area contributed by atoms with Crippen LogP contribution < -0.4 is 16.6 Å². The number of aryl methyl sites for hydroxylation is 2. The van der Waals surface area contributed by atoms with Gasteiger partial charge in [0.25, 0.3) is 5.56 Å². The lowest BCUT2D eigenvalue weighted by molar-refractivity contribution is -0.121. The summed E-state index contributed by atoms with van der Waals surface area (Å²) in [5, 5.41) is 9.85. The SMILES string of the molecule is Cc1[nH]nc(CCC(=O)NCCc2nc(N)cc(=O)[nH]2)c1C. The van der Waals surface area contributed by atoms with Crippen molar-refractivity contribution in [3.05, 3.63) is 39.2 Å². The number of carbonyl (C=O) groups is 1. The molecule has 0 saturated carbocycles. The van der Waals surface area contributed by atoms with Crippen molar-refractivity contribution in [2.24, 2.45) is 0 Å². The lowest BCUT2D eigenvalue weighted by atomic mass is 10.1. The molecule has 0 aliphatic carbocycles. The van der Waals surface area contributed by atoms with Crippen LogP contribution in [0.15, 0.2) is 10.9 Å². The fourth-order valence-electron chi connectivity index (χ4n) is 2.07. The molecule has 2 aromatic heterocycles. The quantitative estimate of drug-likeness (QED) is 0.596. The zero-order chi connectivity index (χ0) is 16.1. The van der Waals surface area contributed by atoms with E-state index < -0.39 is 0 Å². The van der Waals surface area contributed by atoms with Crippen molar-refractivity contribution in [3.63, 3.8) is 0 Å². The average molecular weight is 304 g/mol. The molecule has 1 amide bonds. The molecule has 2 heterocycles. The van der Waals surface area contributed by atoms with Crippen LogP contribution in [0, 0.1) is 13.8 Å². The number of H-pyrrole nitrogens is 2. The van der Waals surface area contributed by atoms with Gasteiger partial charge in [-0.15, -0.1) is 0 Å². The maximum Gasteiger partial charge on any atom is 0.252 e. The fraction of sp³-hybridized carbons (Fsp3) is 0.429. The number of anilines is 1. The molecule has 22 heavy (non-hydrogen) atoms. The van der Waals surface area contributed by atoms with Crippen molar-refractivity contribution in [2.75, 3.05) is 12.3 Å². The Labute approximate surface area is 127 Å². The Hall–Kier alpha value is -2.64. The summed E-state index contributed by atoms with van der Waals surface area (Å²) in [6.45, 7) is 4.32. The van der Waals surface area contributed by atoms with Crippen LogP contribution in [-0.2, 0) is 17.6 Å². The number of nitrogen functional groups attached to an aromatic ring is 1. The zero-order valence-electron chi connectivity index (χ0n) is 12.7. The van der Waals surface area contributed by atoms with Crippen LogP contribution in [0.25, 0.3) is 0 Å². The number of aromatic amines is 2. The smallest absolute Gasteiger partial charge is 0.252 e. The van der Waals surface area contributed by atoms with Crippen LogP contribution in [-0.4, -0.2) is 32.6 Å². The van der Waals surface area contributed by atoms with E-state index in [9.17, 15) is 9.59 Å². The van der Waals surface area contributed by atoms with Gasteiger partial charge in [0.2, 0.25) is 5.91 Å². The topological polar surface area (TPSA) is 130 Å². The van der Waals surface area contributed by atoms with Gasteiger partial charge in [-0.3, -0.25) is 14.7 Å². The third-order valence-electron chi connectivity index (χ3n) is 3.44. The zero-order valence-corrected chi connectivity index (χ0v) is 12.7. The number of aromatic nitrogens is 4. The monoisotopic (exact) mass is 304 g/mol. The highest BCUT2D eigenvalue weighted by Gasteiger charge is 2.08. The minimum atomic E-state index is -0.293. The van der Waals surface area contributed by atoms with Crippen LogP contribution in [0.4, 0.5) is 5.82 Å². The first-order valence-corrected chi connectivity index (χ1v) is 7.08. The summed E-state index contributed by atoms with van der Waals surface area (Å²) in [7, 11) is 0. The van der Waals surface area contributed by atoms with Crippen molar-refractivity contribution in [3.8, 4) is 0 Å². The van der Waals surface area contributed by atoms with Crippen LogP contribution >= 0.6 is 0 Å². The van der Waals surface area contributed by atoms with Crippen LogP contribution in [0.5, 0.6) is 0 Å². The normalized spacial score (nSPS) is 10.6. The van der Waals surface area contributed by atoms with E-state index in [-0.39, 0.29) is 17.3 Å². The van der Waals surface area contributed by atoms with Crippen LogP contribution in [0.3, 0.4) is 0 Å². The highest BCUT2D eigenvalue weighted by molar-refractivity contribution is 5.76. The summed E-state index contributed by atoms with van der Waals surface area (Å²) in [6.07, 6.45) is 1.38. The number of rotatable bonds is 6. The lowest BCUT2D eigenvalue weighted by Crippen LogP contribution is -2.27. The molecule has 2 aromatic rings. The first kappa shape index (κ1) is 15.7. The van der Waals surface area contributed by atoms with Gasteiger partial charge in [0, 0.05) is 37.6 Å². The summed E-state index contributed by atoms with van der Waals surface area (Å²) in [4.78, 5) is 29.6. The van der Waals surface area contributed by atoms with Gasteiger partial charge >= 0.3 is 0 Å². The molecule has 8 heteroatoms.